The third-order valence-electron chi connectivity index (χ3n) is 2.05. The van der Waals surface area contributed by atoms with Crippen molar-refractivity contribution in [3.63, 3.8) is 0 Å². The number of hydrogen-bond donors (Lipinski definition) is 2. The van der Waals surface area contributed by atoms with Crippen LogP contribution in [-0.4, -0.2) is 16.9 Å². The maximum Gasteiger partial charge on any atom is 0.0968 e. The molecule has 0 aromatic rings. The van der Waals surface area contributed by atoms with Gasteiger partial charge in [-0.1, -0.05) is 43.7 Å². The summed E-state index contributed by atoms with van der Waals surface area (Å²) in [5, 5.41) is 15.8. The van der Waals surface area contributed by atoms with Crippen LogP contribution in [0.2, 0.25) is 0 Å². The third kappa shape index (κ3) is 11.9. The van der Waals surface area contributed by atoms with Gasteiger partial charge in [-0.25, -0.2) is 0 Å². The molecule has 3 heteroatoms. The number of nitrogens with one attached hydrogen (secondary N) is 1. The average molecular weight is 206 g/mol. The minimum absolute atomic E-state index is 0.278. The van der Waals surface area contributed by atoms with Crippen LogP contribution in [0, 0.1) is 5.41 Å². The van der Waals surface area contributed by atoms with E-state index in [0.717, 1.165) is 25.7 Å². The van der Waals surface area contributed by atoms with Crippen molar-refractivity contribution in [3.05, 3.63) is 0 Å². The van der Waals surface area contributed by atoms with E-state index in [4.69, 9.17) is 22.1 Å². The second kappa shape index (κ2) is 10.0. The van der Waals surface area contributed by atoms with Gasteiger partial charge in [-0.15, -0.1) is 0 Å². The first kappa shape index (κ1) is 12.9. The maximum absolute atomic E-state index is 8.53. The first-order valence-electron chi connectivity index (χ1n) is 5.11. The Labute approximate surface area is 85.8 Å². The van der Waals surface area contributed by atoms with Crippen molar-refractivity contribution < 1.29 is 5.11 Å². The molecular weight excluding hydrogens is 186 g/mol. The molecule has 0 aliphatic carbocycles. The Bertz CT molecular complexity index is 128. The normalized spacial score (nSPS) is 10.3. The highest BCUT2D eigenvalue weighted by molar-refractivity contribution is 6.64. The van der Waals surface area contributed by atoms with E-state index in [0.29, 0.717) is 6.61 Å². The molecule has 0 saturated carbocycles. The van der Waals surface area contributed by atoms with Crippen molar-refractivity contribution in [1.82, 2.24) is 0 Å². The standard InChI is InChI=1S/C10H20ClNO/c11-10(12)8-6-4-2-1-3-5-7-9-13/h12-13H,1-9H2. The maximum atomic E-state index is 8.53. The number of unbranched alkanes of at least 4 members (excludes halogenated alkanes) is 6. The smallest absolute Gasteiger partial charge is 0.0968 e. The predicted octanol–water partition coefficient (Wildman–Crippen LogP) is 3.32. The fourth-order valence-corrected chi connectivity index (χ4v) is 1.41. The van der Waals surface area contributed by atoms with E-state index < -0.39 is 0 Å². The van der Waals surface area contributed by atoms with Gasteiger partial charge in [0.25, 0.3) is 0 Å². The van der Waals surface area contributed by atoms with Gasteiger partial charge in [-0.05, 0) is 19.3 Å². The van der Waals surface area contributed by atoms with Crippen LogP contribution >= 0.6 is 11.6 Å². The lowest BCUT2D eigenvalue weighted by molar-refractivity contribution is 0.282. The number of aliphatic hydroxyl groups is 1. The number of halogens is 1. The van der Waals surface area contributed by atoms with Crippen LogP contribution in [0.1, 0.15) is 51.4 Å². The fourth-order valence-electron chi connectivity index (χ4n) is 1.28. The fraction of sp³-hybridized carbons (Fsp3) is 0.900. The summed E-state index contributed by atoms with van der Waals surface area (Å²) in [6.07, 6.45) is 8.73. The number of hydrogen-bond acceptors (Lipinski definition) is 2. The van der Waals surface area contributed by atoms with Crippen molar-refractivity contribution in [2.45, 2.75) is 51.4 Å². The summed E-state index contributed by atoms with van der Waals surface area (Å²) in [4.78, 5) is 0. The molecule has 0 saturated heterocycles. The van der Waals surface area contributed by atoms with Crippen LogP contribution in [0.3, 0.4) is 0 Å². The zero-order valence-electron chi connectivity index (χ0n) is 8.19. The Balaban J connectivity index is 2.87. The summed E-state index contributed by atoms with van der Waals surface area (Å²) >= 11 is 5.41. The van der Waals surface area contributed by atoms with Crippen molar-refractivity contribution in [1.29, 1.82) is 5.41 Å². The van der Waals surface area contributed by atoms with Crippen LogP contribution in [0.5, 0.6) is 0 Å². The summed E-state index contributed by atoms with van der Waals surface area (Å²) in [5.74, 6) is 0. The van der Waals surface area contributed by atoms with Crippen LogP contribution < -0.4 is 0 Å². The molecule has 0 spiro atoms. The summed E-state index contributed by atoms with van der Waals surface area (Å²) in [5.41, 5.74) is 0. The molecule has 0 aliphatic heterocycles. The van der Waals surface area contributed by atoms with Crippen LogP contribution in [0.25, 0.3) is 0 Å². The van der Waals surface area contributed by atoms with Gasteiger partial charge in [0.2, 0.25) is 0 Å². The molecule has 0 unspecified atom stereocenters. The second-order valence-corrected chi connectivity index (χ2v) is 3.81. The Morgan fingerprint density at radius 2 is 1.38 bits per heavy atom. The van der Waals surface area contributed by atoms with E-state index in [-0.39, 0.29) is 5.17 Å². The molecule has 0 aromatic carbocycles. The van der Waals surface area contributed by atoms with Gasteiger partial charge in [0.15, 0.2) is 0 Å². The van der Waals surface area contributed by atoms with Gasteiger partial charge >= 0.3 is 0 Å². The van der Waals surface area contributed by atoms with Crippen LogP contribution in [-0.2, 0) is 0 Å². The van der Waals surface area contributed by atoms with Crippen LogP contribution in [0.4, 0.5) is 0 Å². The molecule has 0 rings (SSSR count). The molecule has 2 nitrogen and oxygen atoms in total. The highest BCUT2D eigenvalue weighted by atomic mass is 35.5. The monoisotopic (exact) mass is 205 g/mol. The molecule has 0 fully saturated rings. The molecule has 78 valence electrons. The van der Waals surface area contributed by atoms with Crippen molar-refractivity contribution in [2.75, 3.05) is 6.61 Å². The first-order chi connectivity index (χ1) is 6.27. The van der Waals surface area contributed by atoms with E-state index in [2.05, 4.69) is 0 Å². The Morgan fingerprint density at radius 3 is 1.85 bits per heavy atom. The molecule has 0 bridgehead atoms. The van der Waals surface area contributed by atoms with E-state index >= 15 is 0 Å². The Hall–Kier alpha value is -0.0800. The molecule has 0 amide bonds. The van der Waals surface area contributed by atoms with Gasteiger partial charge in [0.05, 0.1) is 5.17 Å². The zero-order chi connectivity index (χ0) is 9.94. The van der Waals surface area contributed by atoms with Gasteiger partial charge in [0, 0.05) is 6.61 Å². The average Bonchev–Trinajstić information content (AvgIpc) is 2.09. The molecule has 13 heavy (non-hydrogen) atoms. The largest absolute Gasteiger partial charge is 0.396 e. The zero-order valence-corrected chi connectivity index (χ0v) is 8.95. The molecule has 0 radical (unpaired) electrons. The van der Waals surface area contributed by atoms with Gasteiger partial charge in [-0.3, -0.25) is 5.41 Å². The summed E-state index contributed by atoms with van der Waals surface area (Å²) in [6, 6.07) is 0. The lowest BCUT2D eigenvalue weighted by Crippen LogP contribution is -1.86. The van der Waals surface area contributed by atoms with Crippen molar-refractivity contribution in [3.8, 4) is 0 Å². The summed E-state index contributed by atoms with van der Waals surface area (Å²) < 4.78 is 0. The second-order valence-electron chi connectivity index (χ2n) is 3.35. The summed E-state index contributed by atoms with van der Waals surface area (Å²) in [6.45, 7) is 0.323. The van der Waals surface area contributed by atoms with Crippen molar-refractivity contribution >= 4 is 16.8 Å². The van der Waals surface area contributed by atoms with E-state index in [1.807, 2.05) is 0 Å². The number of aliphatic hydroxyl groups excluding tert-OH is 1. The Morgan fingerprint density at radius 1 is 0.923 bits per heavy atom. The van der Waals surface area contributed by atoms with Crippen LogP contribution in [0.15, 0.2) is 0 Å². The SMILES string of the molecule is N=C(Cl)CCCCCCCCCO. The topological polar surface area (TPSA) is 44.1 Å². The first-order valence-corrected chi connectivity index (χ1v) is 5.49. The lowest BCUT2D eigenvalue weighted by atomic mass is 10.1. The van der Waals surface area contributed by atoms with E-state index in [1.165, 1.54) is 25.7 Å². The quantitative estimate of drug-likeness (QED) is 0.440. The molecule has 0 aromatic heterocycles. The molecule has 2 N–H and O–H groups in total. The lowest BCUT2D eigenvalue weighted by Gasteiger charge is -1.99. The predicted molar refractivity (Wildman–Crippen MR) is 57.6 cm³/mol. The van der Waals surface area contributed by atoms with Crippen molar-refractivity contribution in [2.24, 2.45) is 0 Å². The summed E-state index contributed by atoms with van der Waals surface area (Å²) in [7, 11) is 0. The highest BCUT2D eigenvalue weighted by Gasteiger charge is 1.93. The highest BCUT2D eigenvalue weighted by Crippen LogP contribution is 2.09. The van der Waals surface area contributed by atoms with Gasteiger partial charge < -0.3 is 5.11 Å². The number of rotatable bonds is 9. The van der Waals surface area contributed by atoms with Gasteiger partial charge in [0.1, 0.15) is 0 Å². The van der Waals surface area contributed by atoms with E-state index in [1.54, 1.807) is 0 Å². The minimum Gasteiger partial charge on any atom is -0.396 e. The third-order valence-corrected chi connectivity index (χ3v) is 2.24. The Kier molecular flexibility index (Phi) is 9.94. The van der Waals surface area contributed by atoms with Gasteiger partial charge in [-0.2, -0.15) is 0 Å². The molecule has 0 heterocycles. The van der Waals surface area contributed by atoms with E-state index in [9.17, 15) is 0 Å². The minimum atomic E-state index is 0.278. The molecule has 0 aliphatic rings. The molecule has 0 atom stereocenters. The molecular formula is C10H20ClNO.